The molecule has 0 aromatic heterocycles. The molecule has 0 radical (unpaired) electrons. The van der Waals surface area contributed by atoms with Crippen LogP contribution in [0.3, 0.4) is 0 Å². The summed E-state index contributed by atoms with van der Waals surface area (Å²) in [5.41, 5.74) is 0. The first-order valence-corrected chi connectivity index (χ1v) is 11.2. The van der Waals surface area contributed by atoms with Gasteiger partial charge in [0.15, 0.2) is 0 Å². The average molecular weight is 529 g/mol. The Balaban J connectivity index is -0.0000000175. The third-order valence-electron chi connectivity index (χ3n) is 0.945. The van der Waals surface area contributed by atoms with Crippen molar-refractivity contribution in [1.29, 1.82) is 0 Å². The molecular formula is C27H60O7S. The van der Waals surface area contributed by atoms with Crippen LogP contribution in [0.15, 0.2) is 118 Å². The van der Waals surface area contributed by atoms with Gasteiger partial charge in [0.1, 0.15) is 0 Å². The monoisotopic (exact) mass is 528 g/mol. The molecule has 0 aliphatic rings. The number of hydrogen-bond donors (Lipinski definition) is 3. The zero-order chi connectivity index (χ0) is 32.2. The Morgan fingerprint density at radius 2 is 0.743 bits per heavy atom. The highest BCUT2D eigenvalue weighted by Gasteiger charge is 1.99. The van der Waals surface area contributed by atoms with Crippen molar-refractivity contribution in [2.45, 2.75) is 27.2 Å². The Bertz CT molecular complexity index is 293. The van der Waals surface area contributed by atoms with Crippen molar-refractivity contribution in [3.05, 3.63) is 118 Å². The van der Waals surface area contributed by atoms with Crippen LogP contribution in [-0.2, 0) is 19.3 Å². The Morgan fingerprint density at radius 1 is 0.543 bits per heavy atom. The maximum absolute atomic E-state index is 9.72. The summed E-state index contributed by atoms with van der Waals surface area (Å²) in [4.78, 5) is 0. The van der Waals surface area contributed by atoms with E-state index < -0.39 is 10.4 Å². The van der Waals surface area contributed by atoms with Crippen LogP contribution < -0.4 is 0 Å². The summed E-state index contributed by atoms with van der Waals surface area (Å²) in [6.07, 6.45) is 0.569. The summed E-state index contributed by atoms with van der Waals surface area (Å²) >= 11 is 0. The molecule has 35 heavy (non-hydrogen) atoms. The van der Waals surface area contributed by atoms with E-state index in [0.717, 1.165) is 13.2 Å². The van der Waals surface area contributed by atoms with Crippen molar-refractivity contribution < 1.29 is 32.1 Å². The molecule has 216 valence electrons. The van der Waals surface area contributed by atoms with Gasteiger partial charge in [-0.2, -0.15) is 8.42 Å². The van der Waals surface area contributed by atoms with E-state index in [9.17, 15) is 8.42 Å². The molecule has 0 aromatic carbocycles. The fraction of sp³-hybridized carbons (Fsp3) is 0.333. The summed E-state index contributed by atoms with van der Waals surface area (Å²) in [6, 6.07) is 0. The summed E-state index contributed by atoms with van der Waals surface area (Å²) in [7, 11) is -4.19. The molecule has 0 spiro atoms. The van der Waals surface area contributed by atoms with Crippen LogP contribution in [-0.4, -0.2) is 56.2 Å². The second-order valence-corrected chi connectivity index (χ2v) is 3.57. The lowest BCUT2D eigenvalue weighted by Crippen LogP contribution is -2.03. The number of rotatable bonds is 6. The van der Waals surface area contributed by atoms with E-state index in [0.29, 0.717) is 6.42 Å². The van der Waals surface area contributed by atoms with Gasteiger partial charge in [-0.25, -0.2) is 4.18 Å². The van der Waals surface area contributed by atoms with E-state index in [1.807, 2.05) is 13.8 Å². The van der Waals surface area contributed by atoms with Gasteiger partial charge in [0, 0.05) is 13.2 Å². The second kappa shape index (κ2) is 223. The van der Waals surface area contributed by atoms with Crippen LogP contribution >= 0.6 is 0 Å². The first-order valence-electron chi connectivity index (χ1n) is 9.80. The number of aliphatic hydroxyl groups is 2. The van der Waals surface area contributed by atoms with Crippen LogP contribution in [0.25, 0.3) is 0 Å². The Labute approximate surface area is 221 Å². The third kappa shape index (κ3) is 928. The van der Waals surface area contributed by atoms with Crippen molar-refractivity contribution in [2.75, 3.05) is 33.0 Å². The van der Waals surface area contributed by atoms with Gasteiger partial charge in [0.2, 0.25) is 0 Å². The fourth-order valence-corrected chi connectivity index (χ4v) is 0.770. The smallest absolute Gasteiger partial charge is 0.394 e. The van der Waals surface area contributed by atoms with Gasteiger partial charge >= 0.3 is 10.4 Å². The van der Waals surface area contributed by atoms with Crippen LogP contribution in [0.2, 0.25) is 0 Å². The maximum Gasteiger partial charge on any atom is 0.397 e. The van der Waals surface area contributed by atoms with Crippen molar-refractivity contribution in [3.63, 3.8) is 0 Å². The molecule has 0 heterocycles. The molecule has 0 saturated heterocycles. The van der Waals surface area contributed by atoms with Crippen LogP contribution in [0.5, 0.6) is 0 Å². The minimum atomic E-state index is -4.19. The van der Waals surface area contributed by atoms with Crippen LogP contribution in [0.1, 0.15) is 27.2 Å². The molecule has 0 unspecified atom stereocenters. The fourth-order valence-electron chi connectivity index (χ4n) is 0.393. The average Bonchev–Trinajstić information content (AvgIpc) is 2.98. The third-order valence-corrected chi connectivity index (χ3v) is 1.41. The van der Waals surface area contributed by atoms with Gasteiger partial charge in [-0.1, -0.05) is 6.92 Å². The second-order valence-electron chi connectivity index (χ2n) is 2.48. The highest BCUT2D eigenvalue weighted by molar-refractivity contribution is 7.80. The molecular weight excluding hydrogens is 468 g/mol. The molecule has 0 aromatic rings. The number of aliphatic hydroxyl groups excluding tert-OH is 2. The van der Waals surface area contributed by atoms with Gasteiger partial charge in [-0.3, -0.25) is 4.55 Å². The van der Waals surface area contributed by atoms with E-state index >= 15 is 0 Å². The minimum absolute atomic E-state index is 0.0405. The van der Waals surface area contributed by atoms with E-state index in [2.05, 4.69) is 123 Å². The van der Waals surface area contributed by atoms with Gasteiger partial charge in [0.05, 0.1) is 19.8 Å². The first kappa shape index (κ1) is 76.8. The highest BCUT2D eigenvalue weighted by Crippen LogP contribution is 1.86. The summed E-state index contributed by atoms with van der Waals surface area (Å²) in [5, 5.41) is 15.2. The van der Waals surface area contributed by atoms with Crippen LogP contribution in [0.4, 0.5) is 0 Å². The van der Waals surface area contributed by atoms with Crippen molar-refractivity contribution in [2.24, 2.45) is 0 Å². The minimum Gasteiger partial charge on any atom is -0.394 e. The molecule has 8 heteroatoms. The standard InChI is InChI=1S/C4H10O.C3H8O4S.C2H6O2.9C2H4/c1-3-5-4-2;1-2-3-7-8(4,5)6;3-1-2-4;9*1-2/h3-4H2,1-2H3;2-3H2,1H3,(H,4,5,6);3-4H,1-2H2;9*1-2H2. The lowest BCUT2D eigenvalue weighted by Gasteiger charge is -1.92. The predicted molar refractivity (Wildman–Crippen MR) is 165 cm³/mol. The summed E-state index contributed by atoms with van der Waals surface area (Å²) in [6.45, 7) is 61.2. The summed E-state index contributed by atoms with van der Waals surface area (Å²) in [5.74, 6) is 0. The molecule has 0 rings (SSSR count). The number of ether oxygens (including phenoxy) is 1. The summed E-state index contributed by atoms with van der Waals surface area (Å²) < 4.78 is 36.1. The zero-order valence-electron chi connectivity index (χ0n) is 23.4. The molecule has 0 aliphatic heterocycles. The Morgan fingerprint density at radius 3 is 0.771 bits per heavy atom. The topological polar surface area (TPSA) is 113 Å². The van der Waals surface area contributed by atoms with E-state index in [-0.39, 0.29) is 19.8 Å². The Kier molecular flexibility index (Phi) is 489. The molecule has 0 saturated carbocycles. The molecule has 3 N–H and O–H groups in total. The zero-order valence-corrected chi connectivity index (χ0v) is 24.2. The van der Waals surface area contributed by atoms with Crippen LogP contribution in [0, 0.1) is 0 Å². The largest absolute Gasteiger partial charge is 0.397 e. The lowest BCUT2D eigenvalue weighted by atomic mass is 10.5. The van der Waals surface area contributed by atoms with Gasteiger partial charge in [-0.15, -0.1) is 118 Å². The van der Waals surface area contributed by atoms with Crippen molar-refractivity contribution in [1.82, 2.24) is 0 Å². The lowest BCUT2D eigenvalue weighted by molar-refractivity contribution is 0.162. The SMILES string of the molecule is C=C.C=C.C=C.C=C.C=C.C=C.C=C.C=C.C=C.CCCOS(=O)(=O)O.CCOCC.OCCO. The highest BCUT2D eigenvalue weighted by atomic mass is 32.3. The van der Waals surface area contributed by atoms with Gasteiger partial charge in [-0.05, 0) is 20.3 Å². The van der Waals surface area contributed by atoms with E-state index in [1.165, 1.54) is 0 Å². The molecule has 0 amide bonds. The van der Waals surface area contributed by atoms with Gasteiger partial charge < -0.3 is 14.9 Å². The molecule has 7 nitrogen and oxygen atoms in total. The molecule has 0 aliphatic carbocycles. The molecule has 0 atom stereocenters. The Hall–Kier alpha value is -2.59. The quantitative estimate of drug-likeness (QED) is 0.242. The van der Waals surface area contributed by atoms with E-state index in [1.54, 1.807) is 6.92 Å². The molecule has 0 fully saturated rings. The first-order chi connectivity index (χ1) is 16.9. The molecule has 0 bridgehead atoms. The van der Waals surface area contributed by atoms with E-state index in [4.69, 9.17) is 19.5 Å². The van der Waals surface area contributed by atoms with Crippen molar-refractivity contribution >= 4 is 10.4 Å². The van der Waals surface area contributed by atoms with Crippen molar-refractivity contribution in [3.8, 4) is 0 Å². The normalized spacial score (nSPS) is 5.77. The predicted octanol–water partition coefficient (Wildman–Crippen LogP) is 7.45. The van der Waals surface area contributed by atoms with Gasteiger partial charge in [0.25, 0.3) is 0 Å². The maximum atomic E-state index is 9.72. The number of hydrogen-bond acceptors (Lipinski definition) is 6.